The van der Waals surface area contributed by atoms with Crippen LogP contribution in [0.1, 0.15) is 23.6 Å². The van der Waals surface area contributed by atoms with Crippen molar-refractivity contribution in [1.29, 1.82) is 0 Å². The summed E-state index contributed by atoms with van der Waals surface area (Å²) in [6, 6.07) is 22.7. The highest BCUT2D eigenvalue weighted by molar-refractivity contribution is 6.30. The topological polar surface area (TPSA) is 52.4 Å². The number of ether oxygens (including phenoxy) is 1. The highest BCUT2D eigenvalue weighted by atomic mass is 35.5. The van der Waals surface area contributed by atoms with Crippen LogP contribution in [0.25, 0.3) is 0 Å². The second kappa shape index (κ2) is 7.18. The molecule has 0 spiro atoms. The first-order valence-corrected chi connectivity index (χ1v) is 8.49. The van der Waals surface area contributed by atoms with E-state index in [1.807, 2.05) is 54.6 Å². The third kappa shape index (κ3) is 3.16. The van der Waals surface area contributed by atoms with Gasteiger partial charge in [-0.25, -0.2) is 0 Å². The lowest BCUT2D eigenvalue weighted by molar-refractivity contribution is -0.385. The van der Waals surface area contributed by atoms with Gasteiger partial charge < -0.3 is 4.74 Å². The maximum Gasteiger partial charge on any atom is 0.310 e. The number of rotatable bonds is 5. The smallest absolute Gasteiger partial charge is 0.310 e. The fraction of sp³-hybridized carbons (Fsp3) is 0.143. The molecular formula is C21H18ClNO3. The summed E-state index contributed by atoms with van der Waals surface area (Å²) in [7, 11) is 1.44. The van der Waals surface area contributed by atoms with Crippen molar-refractivity contribution in [3.63, 3.8) is 0 Å². The van der Waals surface area contributed by atoms with Crippen molar-refractivity contribution >= 4 is 17.3 Å². The average molecular weight is 368 g/mol. The van der Waals surface area contributed by atoms with E-state index < -0.39 is 10.3 Å². The Labute approximate surface area is 157 Å². The van der Waals surface area contributed by atoms with E-state index in [-0.39, 0.29) is 11.4 Å². The second-order valence-electron chi connectivity index (χ2n) is 6.14. The van der Waals surface area contributed by atoms with E-state index in [9.17, 15) is 10.1 Å². The fourth-order valence-corrected chi connectivity index (χ4v) is 3.32. The van der Waals surface area contributed by atoms with Gasteiger partial charge in [-0.1, -0.05) is 60.1 Å². The van der Waals surface area contributed by atoms with Gasteiger partial charge in [0.15, 0.2) is 5.75 Å². The largest absolute Gasteiger partial charge is 0.490 e. The van der Waals surface area contributed by atoms with Crippen molar-refractivity contribution in [2.45, 2.75) is 12.3 Å². The van der Waals surface area contributed by atoms with Gasteiger partial charge >= 0.3 is 5.69 Å². The zero-order chi connectivity index (χ0) is 18.7. The van der Waals surface area contributed by atoms with Crippen LogP contribution in [0.2, 0.25) is 5.02 Å². The monoisotopic (exact) mass is 367 g/mol. The maximum absolute atomic E-state index is 11.2. The number of nitrogens with zero attached hydrogens (tertiary/aromatic N) is 1. The Morgan fingerprint density at radius 2 is 1.50 bits per heavy atom. The molecule has 1 atom stereocenters. The lowest BCUT2D eigenvalue weighted by atomic mass is 9.71. The number of hydrogen-bond donors (Lipinski definition) is 0. The standard InChI is InChI=1S/C21H18ClNO3/c1-21(15-6-4-3-5-7-15,16-8-11-18(22)12-9-16)17-10-13-19(23(24)25)20(14-17)26-2/h3-14H,1-2H3. The summed E-state index contributed by atoms with van der Waals surface area (Å²) >= 11 is 6.06. The van der Waals surface area contributed by atoms with Crippen LogP contribution in [0.15, 0.2) is 72.8 Å². The molecule has 132 valence electrons. The molecule has 4 nitrogen and oxygen atoms in total. The van der Waals surface area contributed by atoms with Crippen LogP contribution in [-0.4, -0.2) is 12.0 Å². The van der Waals surface area contributed by atoms with Gasteiger partial charge in [0.2, 0.25) is 0 Å². The lowest BCUT2D eigenvalue weighted by Gasteiger charge is -2.32. The molecule has 0 saturated carbocycles. The zero-order valence-corrected chi connectivity index (χ0v) is 15.2. The number of benzene rings is 3. The van der Waals surface area contributed by atoms with Gasteiger partial charge in [-0.3, -0.25) is 10.1 Å². The Kier molecular flexibility index (Phi) is 4.96. The number of nitro groups is 1. The molecule has 0 heterocycles. The van der Waals surface area contributed by atoms with Crippen LogP contribution in [0.5, 0.6) is 5.75 Å². The summed E-state index contributed by atoms with van der Waals surface area (Å²) in [5.74, 6) is 0.239. The molecule has 0 aliphatic rings. The number of hydrogen-bond acceptors (Lipinski definition) is 3. The van der Waals surface area contributed by atoms with Crippen LogP contribution in [0.3, 0.4) is 0 Å². The summed E-state index contributed by atoms with van der Waals surface area (Å²) in [6.45, 7) is 2.09. The molecule has 0 saturated heterocycles. The van der Waals surface area contributed by atoms with Crippen molar-refractivity contribution in [2.24, 2.45) is 0 Å². The number of halogens is 1. The predicted molar refractivity (Wildman–Crippen MR) is 103 cm³/mol. The Balaban J connectivity index is 2.25. The quantitative estimate of drug-likeness (QED) is 0.334. The number of methoxy groups -OCH3 is 1. The minimum absolute atomic E-state index is 0.0530. The molecule has 26 heavy (non-hydrogen) atoms. The first-order chi connectivity index (χ1) is 12.5. The van der Waals surface area contributed by atoms with Crippen LogP contribution >= 0.6 is 11.6 Å². The van der Waals surface area contributed by atoms with Crippen LogP contribution in [0.4, 0.5) is 5.69 Å². The molecule has 3 aromatic rings. The number of nitro benzene ring substituents is 1. The fourth-order valence-electron chi connectivity index (χ4n) is 3.19. The molecule has 3 rings (SSSR count). The first kappa shape index (κ1) is 18.0. The SMILES string of the molecule is COc1cc(C(C)(c2ccccc2)c2ccc(Cl)cc2)ccc1[N+](=O)[O-]. The van der Waals surface area contributed by atoms with Gasteiger partial charge in [0.05, 0.1) is 12.0 Å². The third-order valence-electron chi connectivity index (χ3n) is 4.73. The summed E-state index contributed by atoms with van der Waals surface area (Å²) in [4.78, 5) is 10.8. The summed E-state index contributed by atoms with van der Waals surface area (Å²) in [5.41, 5.74) is 2.42. The first-order valence-electron chi connectivity index (χ1n) is 8.11. The van der Waals surface area contributed by atoms with Gasteiger partial charge in [0.1, 0.15) is 0 Å². The van der Waals surface area contributed by atoms with Crippen LogP contribution in [-0.2, 0) is 5.41 Å². The van der Waals surface area contributed by atoms with Gasteiger partial charge in [0.25, 0.3) is 0 Å². The minimum atomic E-state index is -0.520. The Bertz CT molecular complexity index is 926. The lowest BCUT2D eigenvalue weighted by Crippen LogP contribution is -2.25. The van der Waals surface area contributed by atoms with Crippen molar-refractivity contribution in [3.05, 3.63) is 105 Å². The summed E-state index contributed by atoms with van der Waals surface area (Å²) < 4.78 is 5.27. The van der Waals surface area contributed by atoms with E-state index >= 15 is 0 Å². The van der Waals surface area contributed by atoms with E-state index in [2.05, 4.69) is 6.92 Å². The molecule has 0 aliphatic carbocycles. The molecule has 1 unspecified atom stereocenters. The predicted octanol–water partition coefficient (Wildman–Crippen LogP) is 5.61. The summed E-state index contributed by atoms with van der Waals surface area (Å²) in [6.07, 6.45) is 0. The molecular weight excluding hydrogens is 350 g/mol. The molecule has 0 bridgehead atoms. The summed E-state index contributed by atoms with van der Waals surface area (Å²) in [5, 5.41) is 11.9. The van der Waals surface area contributed by atoms with E-state index in [1.165, 1.54) is 13.2 Å². The molecule has 0 aromatic heterocycles. The van der Waals surface area contributed by atoms with E-state index in [1.54, 1.807) is 12.1 Å². The van der Waals surface area contributed by atoms with Gasteiger partial charge in [-0.15, -0.1) is 0 Å². The van der Waals surface area contributed by atoms with Crippen molar-refractivity contribution < 1.29 is 9.66 Å². The highest BCUT2D eigenvalue weighted by Gasteiger charge is 2.32. The molecule has 0 amide bonds. The molecule has 3 aromatic carbocycles. The maximum atomic E-state index is 11.2. The van der Waals surface area contributed by atoms with E-state index in [0.29, 0.717) is 5.02 Å². The molecule has 0 aliphatic heterocycles. The zero-order valence-electron chi connectivity index (χ0n) is 14.5. The van der Waals surface area contributed by atoms with E-state index in [0.717, 1.165) is 16.7 Å². The van der Waals surface area contributed by atoms with Crippen molar-refractivity contribution in [3.8, 4) is 5.75 Å². The molecule has 5 heteroatoms. The van der Waals surface area contributed by atoms with Crippen LogP contribution in [0, 0.1) is 10.1 Å². The highest BCUT2D eigenvalue weighted by Crippen LogP contribution is 2.42. The van der Waals surface area contributed by atoms with Crippen LogP contribution < -0.4 is 4.74 Å². The minimum Gasteiger partial charge on any atom is -0.490 e. The molecule has 0 fully saturated rings. The van der Waals surface area contributed by atoms with Crippen molar-refractivity contribution in [1.82, 2.24) is 0 Å². The molecule has 0 N–H and O–H groups in total. The van der Waals surface area contributed by atoms with Crippen molar-refractivity contribution in [2.75, 3.05) is 7.11 Å². The third-order valence-corrected chi connectivity index (χ3v) is 4.98. The Hall–Kier alpha value is -2.85. The molecule has 0 radical (unpaired) electrons. The normalized spacial score (nSPS) is 13.0. The second-order valence-corrected chi connectivity index (χ2v) is 6.58. The van der Waals surface area contributed by atoms with E-state index in [4.69, 9.17) is 16.3 Å². The Morgan fingerprint density at radius 1 is 0.923 bits per heavy atom. The average Bonchev–Trinajstić information content (AvgIpc) is 2.68. The Morgan fingerprint density at radius 3 is 2.08 bits per heavy atom. The van der Waals surface area contributed by atoms with Gasteiger partial charge in [-0.05, 0) is 41.8 Å². The van der Waals surface area contributed by atoms with Gasteiger partial charge in [0, 0.05) is 16.5 Å². The van der Waals surface area contributed by atoms with Gasteiger partial charge in [-0.2, -0.15) is 0 Å².